The van der Waals surface area contributed by atoms with Crippen molar-refractivity contribution < 1.29 is 14.6 Å². The molecule has 0 aliphatic heterocycles. The molecule has 2 rings (SSSR count). The van der Waals surface area contributed by atoms with Crippen LogP contribution in [0.25, 0.3) is 0 Å². The highest BCUT2D eigenvalue weighted by Gasteiger charge is 2.65. The van der Waals surface area contributed by atoms with Crippen LogP contribution in [0.4, 0.5) is 0 Å². The van der Waals surface area contributed by atoms with Gasteiger partial charge in [0.2, 0.25) is 0 Å². The number of ether oxygens (including phenoxy) is 1. The number of hydrogen-bond donors (Lipinski definition) is 1. The Kier molecular flexibility index (Phi) is 2.40. The van der Waals surface area contributed by atoms with E-state index < -0.39 is 0 Å². The number of fused-ring (bicyclic) bond motifs is 1. The van der Waals surface area contributed by atoms with E-state index in [-0.39, 0.29) is 29.8 Å². The number of aliphatic hydroxyl groups is 1. The number of carbonyl (C=O) groups excluding carboxylic acids is 1. The van der Waals surface area contributed by atoms with Crippen LogP contribution in [-0.4, -0.2) is 30.7 Å². The van der Waals surface area contributed by atoms with Crippen molar-refractivity contribution in [2.75, 3.05) is 13.7 Å². The molecule has 14 heavy (non-hydrogen) atoms. The molecule has 0 aromatic heterocycles. The topological polar surface area (TPSA) is 46.5 Å². The second-order valence-electron chi connectivity index (χ2n) is 4.74. The summed E-state index contributed by atoms with van der Waals surface area (Å²) in [5.74, 6) is 0.902. The minimum atomic E-state index is -0.234. The molecule has 0 heterocycles. The minimum absolute atomic E-state index is 0.103. The van der Waals surface area contributed by atoms with Crippen LogP contribution in [-0.2, 0) is 9.53 Å². The van der Waals surface area contributed by atoms with Gasteiger partial charge in [-0.1, -0.05) is 6.92 Å². The SMILES string of the molecule is COC1CC[C@H]2[C@H](CO)[C@@]2(C)C(=O)C1. The van der Waals surface area contributed by atoms with Crippen molar-refractivity contribution in [3.8, 4) is 0 Å². The fourth-order valence-corrected chi connectivity index (χ4v) is 3.02. The van der Waals surface area contributed by atoms with Crippen molar-refractivity contribution >= 4 is 5.78 Å². The van der Waals surface area contributed by atoms with E-state index in [2.05, 4.69) is 0 Å². The van der Waals surface area contributed by atoms with Gasteiger partial charge in [0.25, 0.3) is 0 Å². The predicted molar refractivity (Wildman–Crippen MR) is 51.8 cm³/mol. The van der Waals surface area contributed by atoms with Gasteiger partial charge >= 0.3 is 0 Å². The lowest BCUT2D eigenvalue weighted by molar-refractivity contribution is -0.126. The van der Waals surface area contributed by atoms with Gasteiger partial charge in [-0.15, -0.1) is 0 Å². The third-order valence-corrected chi connectivity index (χ3v) is 4.26. The molecule has 80 valence electrons. The molecular weight excluding hydrogens is 180 g/mol. The molecule has 1 N–H and O–H groups in total. The van der Waals surface area contributed by atoms with Crippen LogP contribution in [0.1, 0.15) is 26.2 Å². The van der Waals surface area contributed by atoms with Crippen molar-refractivity contribution in [3.63, 3.8) is 0 Å². The van der Waals surface area contributed by atoms with Gasteiger partial charge in [-0.2, -0.15) is 0 Å². The normalized spacial score (nSPS) is 47.1. The second kappa shape index (κ2) is 3.31. The number of ketones is 1. The van der Waals surface area contributed by atoms with E-state index >= 15 is 0 Å². The standard InChI is InChI=1S/C11H18O3/c1-11-8(9(11)6-12)4-3-7(14-2)5-10(11)13/h7-9,12H,3-6H2,1-2H3/t7?,8-,9-,11-/m0/s1. The quantitative estimate of drug-likeness (QED) is 0.720. The molecule has 2 aliphatic carbocycles. The lowest BCUT2D eigenvalue weighted by Crippen LogP contribution is -2.22. The number of aliphatic hydroxyl groups excluding tert-OH is 1. The zero-order valence-corrected chi connectivity index (χ0v) is 8.82. The number of carbonyl (C=O) groups is 1. The number of methoxy groups -OCH3 is 1. The van der Waals surface area contributed by atoms with Crippen LogP contribution in [0.5, 0.6) is 0 Å². The van der Waals surface area contributed by atoms with Gasteiger partial charge in [-0.25, -0.2) is 0 Å². The summed E-state index contributed by atoms with van der Waals surface area (Å²) in [5.41, 5.74) is -0.234. The first-order valence-electron chi connectivity index (χ1n) is 5.31. The summed E-state index contributed by atoms with van der Waals surface area (Å²) < 4.78 is 5.24. The van der Waals surface area contributed by atoms with Gasteiger partial charge in [0.15, 0.2) is 0 Å². The zero-order chi connectivity index (χ0) is 10.3. The van der Waals surface area contributed by atoms with Crippen molar-refractivity contribution in [2.24, 2.45) is 17.3 Å². The Morgan fingerprint density at radius 1 is 1.57 bits per heavy atom. The van der Waals surface area contributed by atoms with Gasteiger partial charge in [-0.3, -0.25) is 4.79 Å². The van der Waals surface area contributed by atoms with Gasteiger partial charge in [0.05, 0.1) is 6.10 Å². The summed E-state index contributed by atoms with van der Waals surface area (Å²) in [5, 5.41) is 9.15. The van der Waals surface area contributed by atoms with Crippen molar-refractivity contribution in [3.05, 3.63) is 0 Å². The fraction of sp³-hybridized carbons (Fsp3) is 0.909. The molecule has 0 bridgehead atoms. The molecule has 4 atom stereocenters. The third kappa shape index (κ3) is 1.22. The monoisotopic (exact) mass is 198 g/mol. The molecule has 0 amide bonds. The lowest BCUT2D eigenvalue weighted by atomic mass is 9.96. The molecule has 2 saturated carbocycles. The Morgan fingerprint density at radius 2 is 2.29 bits per heavy atom. The molecule has 0 spiro atoms. The zero-order valence-electron chi connectivity index (χ0n) is 8.82. The van der Waals surface area contributed by atoms with E-state index in [1.54, 1.807) is 7.11 Å². The molecule has 2 fully saturated rings. The van der Waals surface area contributed by atoms with Crippen LogP contribution >= 0.6 is 0 Å². The van der Waals surface area contributed by atoms with E-state index in [1.165, 1.54) is 0 Å². The molecule has 3 heteroatoms. The van der Waals surface area contributed by atoms with Gasteiger partial charge in [-0.05, 0) is 24.7 Å². The predicted octanol–water partition coefficient (Wildman–Crippen LogP) is 0.999. The summed E-state index contributed by atoms with van der Waals surface area (Å²) in [4.78, 5) is 11.9. The van der Waals surface area contributed by atoms with Crippen LogP contribution < -0.4 is 0 Å². The Hall–Kier alpha value is -0.410. The van der Waals surface area contributed by atoms with Crippen LogP contribution in [0.2, 0.25) is 0 Å². The van der Waals surface area contributed by atoms with Gasteiger partial charge < -0.3 is 9.84 Å². The molecule has 0 aromatic rings. The summed E-state index contributed by atoms with van der Waals surface area (Å²) in [6.07, 6.45) is 2.61. The van der Waals surface area contributed by atoms with E-state index in [0.29, 0.717) is 12.3 Å². The maximum Gasteiger partial charge on any atom is 0.142 e. The van der Waals surface area contributed by atoms with E-state index in [9.17, 15) is 4.79 Å². The number of Topliss-reactive ketones (excluding diaryl/α,β-unsaturated/α-hetero) is 1. The molecule has 1 unspecified atom stereocenters. The summed E-state index contributed by atoms with van der Waals surface area (Å²) in [6, 6.07) is 0. The molecule has 2 aliphatic rings. The first-order chi connectivity index (χ1) is 6.64. The van der Waals surface area contributed by atoms with E-state index in [1.807, 2.05) is 6.92 Å². The van der Waals surface area contributed by atoms with Crippen LogP contribution in [0.15, 0.2) is 0 Å². The van der Waals surface area contributed by atoms with E-state index in [4.69, 9.17) is 9.84 Å². The average Bonchev–Trinajstić information content (AvgIpc) is 2.79. The molecular formula is C11H18O3. The highest BCUT2D eigenvalue weighted by Crippen LogP contribution is 2.63. The smallest absolute Gasteiger partial charge is 0.142 e. The van der Waals surface area contributed by atoms with Crippen molar-refractivity contribution in [1.29, 1.82) is 0 Å². The molecule has 0 saturated heterocycles. The summed E-state index contributed by atoms with van der Waals surface area (Å²) in [6.45, 7) is 2.16. The van der Waals surface area contributed by atoms with E-state index in [0.717, 1.165) is 12.8 Å². The summed E-state index contributed by atoms with van der Waals surface area (Å²) in [7, 11) is 1.67. The highest BCUT2D eigenvalue weighted by molar-refractivity contribution is 5.89. The maximum atomic E-state index is 11.9. The average molecular weight is 198 g/mol. The second-order valence-corrected chi connectivity index (χ2v) is 4.74. The van der Waals surface area contributed by atoms with Gasteiger partial charge in [0.1, 0.15) is 5.78 Å². The Morgan fingerprint density at radius 3 is 2.86 bits per heavy atom. The number of rotatable bonds is 2. The van der Waals surface area contributed by atoms with Crippen LogP contribution in [0.3, 0.4) is 0 Å². The number of hydrogen-bond acceptors (Lipinski definition) is 3. The largest absolute Gasteiger partial charge is 0.396 e. The first-order valence-corrected chi connectivity index (χ1v) is 5.31. The molecule has 0 aromatic carbocycles. The molecule has 3 nitrogen and oxygen atoms in total. The first kappa shape index (κ1) is 10.1. The molecule has 0 radical (unpaired) electrons. The highest BCUT2D eigenvalue weighted by atomic mass is 16.5. The summed E-state index contributed by atoms with van der Waals surface area (Å²) >= 11 is 0. The fourth-order valence-electron chi connectivity index (χ4n) is 3.02. The van der Waals surface area contributed by atoms with Crippen molar-refractivity contribution in [2.45, 2.75) is 32.3 Å². The Bertz CT molecular complexity index is 251. The third-order valence-electron chi connectivity index (χ3n) is 4.26. The lowest BCUT2D eigenvalue weighted by Gasteiger charge is -2.14. The van der Waals surface area contributed by atoms with Gasteiger partial charge in [0, 0.05) is 25.6 Å². The van der Waals surface area contributed by atoms with Crippen molar-refractivity contribution in [1.82, 2.24) is 0 Å². The minimum Gasteiger partial charge on any atom is -0.396 e. The Balaban J connectivity index is 2.11. The Labute approximate surface area is 84.4 Å². The maximum absolute atomic E-state index is 11.9. The van der Waals surface area contributed by atoms with Crippen LogP contribution in [0, 0.1) is 17.3 Å².